The quantitative estimate of drug-likeness (QED) is 0.0507. The molecule has 15 heteroatoms. The van der Waals surface area contributed by atoms with Gasteiger partial charge in [-0.25, -0.2) is 9.78 Å². The standard InChI is InChI=1S/C30H39N9O6/c31-22(7-4-12-35-30(32)33)26(41)37-23(13-19-8-10-21(40)11-9-19)27(42)38-24(15-20-16-34-17-36-20)28(43)39-25(29(44)45)14-18-5-2-1-3-6-18/h1-3,5-6,8-11,16-17,22-25,40H,4,7,12-15,31H2,(H,34,36)(H,37,41)(H,38,42)(H,39,43)(H,44,45)(H4,32,33,35). The first-order valence-corrected chi connectivity index (χ1v) is 14.3. The van der Waals surface area contributed by atoms with Crippen LogP contribution in [0.4, 0.5) is 0 Å². The van der Waals surface area contributed by atoms with Gasteiger partial charge >= 0.3 is 5.97 Å². The molecule has 4 unspecified atom stereocenters. The molecule has 3 amide bonds. The van der Waals surface area contributed by atoms with Crippen LogP contribution in [0.2, 0.25) is 0 Å². The molecule has 12 N–H and O–H groups in total. The molecule has 0 spiro atoms. The first-order chi connectivity index (χ1) is 21.5. The average Bonchev–Trinajstić information content (AvgIpc) is 3.52. The van der Waals surface area contributed by atoms with E-state index in [0.717, 1.165) is 0 Å². The van der Waals surface area contributed by atoms with Crippen molar-refractivity contribution in [1.82, 2.24) is 25.9 Å². The van der Waals surface area contributed by atoms with Crippen molar-refractivity contribution in [3.63, 3.8) is 0 Å². The number of aromatic hydroxyl groups is 1. The first-order valence-electron chi connectivity index (χ1n) is 14.3. The van der Waals surface area contributed by atoms with Gasteiger partial charge in [0.15, 0.2) is 5.96 Å². The highest BCUT2D eigenvalue weighted by Gasteiger charge is 2.31. The van der Waals surface area contributed by atoms with E-state index in [0.29, 0.717) is 23.2 Å². The van der Waals surface area contributed by atoms with Gasteiger partial charge in [-0.15, -0.1) is 0 Å². The Bertz CT molecular complexity index is 1430. The number of carboxylic acid groups (broad SMARTS) is 1. The molecule has 45 heavy (non-hydrogen) atoms. The summed E-state index contributed by atoms with van der Waals surface area (Å²) in [4.78, 5) is 62.9. The minimum absolute atomic E-state index is 0.00271. The number of H-pyrrole nitrogens is 1. The smallest absolute Gasteiger partial charge is 0.326 e. The van der Waals surface area contributed by atoms with E-state index in [1.807, 2.05) is 0 Å². The number of nitrogens with two attached hydrogens (primary N) is 3. The fourth-order valence-electron chi connectivity index (χ4n) is 4.43. The summed E-state index contributed by atoms with van der Waals surface area (Å²) >= 11 is 0. The summed E-state index contributed by atoms with van der Waals surface area (Å²) in [6.07, 6.45) is 3.52. The second kappa shape index (κ2) is 17.0. The Morgan fingerprint density at radius 3 is 2.00 bits per heavy atom. The summed E-state index contributed by atoms with van der Waals surface area (Å²) in [5.74, 6) is -3.37. The van der Waals surface area contributed by atoms with Crippen molar-refractivity contribution < 1.29 is 29.4 Å². The van der Waals surface area contributed by atoms with Crippen LogP contribution in [-0.4, -0.2) is 80.5 Å². The number of aromatic nitrogens is 2. The van der Waals surface area contributed by atoms with Gasteiger partial charge in [0, 0.05) is 37.7 Å². The Morgan fingerprint density at radius 1 is 0.822 bits per heavy atom. The number of carboxylic acids is 1. The Balaban J connectivity index is 1.79. The number of carbonyl (C=O) groups excluding carboxylic acids is 3. The number of rotatable bonds is 17. The summed E-state index contributed by atoms with van der Waals surface area (Å²) in [6, 6.07) is 10.2. The van der Waals surface area contributed by atoms with E-state index in [4.69, 9.17) is 17.2 Å². The van der Waals surface area contributed by atoms with E-state index < -0.39 is 47.9 Å². The Hall–Kier alpha value is -5.44. The minimum Gasteiger partial charge on any atom is -0.508 e. The van der Waals surface area contributed by atoms with Crippen LogP contribution in [0.25, 0.3) is 0 Å². The molecule has 1 heterocycles. The SMILES string of the molecule is NC(N)=NCCCC(N)C(=O)NC(Cc1ccc(O)cc1)C(=O)NC(Cc1cnc[nH]1)C(=O)NC(Cc1ccccc1)C(=O)O. The molecule has 4 atom stereocenters. The number of carbonyl (C=O) groups is 4. The van der Waals surface area contributed by atoms with Gasteiger partial charge in [0.1, 0.15) is 23.9 Å². The third-order valence-electron chi connectivity index (χ3n) is 6.82. The lowest BCUT2D eigenvalue weighted by Gasteiger charge is -2.25. The summed E-state index contributed by atoms with van der Waals surface area (Å²) in [7, 11) is 0. The number of aliphatic carboxylic acids is 1. The maximum absolute atomic E-state index is 13.7. The van der Waals surface area contributed by atoms with Gasteiger partial charge in [0.2, 0.25) is 17.7 Å². The molecule has 0 aliphatic rings. The van der Waals surface area contributed by atoms with Gasteiger partial charge in [-0.05, 0) is 36.1 Å². The van der Waals surface area contributed by atoms with E-state index >= 15 is 0 Å². The van der Waals surface area contributed by atoms with E-state index in [2.05, 4.69) is 30.9 Å². The van der Waals surface area contributed by atoms with Crippen molar-refractivity contribution in [2.75, 3.05) is 6.54 Å². The molecule has 3 rings (SSSR count). The number of aliphatic imine (C=N–C) groups is 1. The minimum atomic E-state index is -1.27. The number of nitrogens with one attached hydrogen (secondary N) is 4. The number of aromatic amines is 1. The van der Waals surface area contributed by atoms with E-state index in [1.165, 1.54) is 24.7 Å². The zero-order chi connectivity index (χ0) is 32.8. The molecule has 0 aliphatic carbocycles. The number of hydrogen-bond donors (Lipinski definition) is 9. The number of imidazole rings is 1. The molecule has 0 aliphatic heterocycles. The fourth-order valence-corrected chi connectivity index (χ4v) is 4.43. The molecule has 0 bridgehead atoms. The highest BCUT2D eigenvalue weighted by molar-refractivity contribution is 5.94. The first kappa shape index (κ1) is 34.1. The second-order valence-electron chi connectivity index (χ2n) is 10.4. The monoisotopic (exact) mass is 621 g/mol. The largest absolute Gasteiger partial charge is 0.508 e. The highest BCUT2D eigenvalue weighted by atomic mass is 16.4. The average molecular weight is 622 g/mol. The van der Waals surface area contributed by atoms with Gasteiger partial charge in [-0.1, -0.05) is 42.5 Å². The molecule has 2 aromatic carbocycles. The zero-order valence-corrected chi connectivity index (χ0v) is 24.6. The lowest BCUT2D eigenvalue weighted by molar-refractivity contribution is -0.142. The van der Waals surface area contributed by atoms with Crippen LogP contribution in [-0.2, 0) is 38.4 Å². The molecular formula is C30H39N9O6. The molecule has 15 nitrogen and oxygen atoms in total. The van der Waals surface area contributed by atoms with Crippen LogP contribution < -0.4 is 33.2 Å². The molecule has 0 saturated carbocycles. The van der Waals surface area contributed by atoms with Crippen molar-refractivity contribution in [2.24, 2.45) is 22.2 Å². The Labute approximate surface area is 259 Å². The molecule has 0 radical (unpaired) electrons. The number of benzene rings is 2. The summed E-state index contributed by atoms with van der Waals surface area (Å²) in [5, 5.41) is 27.3. The predicted octanol–water partition coefficient (Wildman–Crippen LogP) is -0.937. The number of phenols is 1. The van der Waals surface area contributed by atoms with Crippen LogP contribution in [0.1, 0.15) is 29.7 Å². The topological polar surface area (TPSA) is 264 Å². The van der Waals surface area contributed by atoms with E-state index in [9.17, 15) is 29.4 Å². The third kappa shape index (κ3) is 11.6. The van der Waals surface area contributed by atoms with Gasteiger partial charge in [-0.3, -0.25) is 19.4 Å². The van der Waals surface area contributed by atoms with Gasteiger partial charge in [0.05, 0.1) is 12.4 Å². The van der Waals surface area contributed by atoms with Crippen LogP contribution in [0.15, 0.2) is 72.1 Å². The normalized spacial score (nSPS) is 13.4. The molecule has 0 fully saturated rings. The van der Waals surface area contributed by atoms with Crippen molar-refractivity contribution >= 4 is 29.7 Å². The van der Waals surface area contributed by atoms with Crippen LogP contribution in [0.5, 0.6) is 5.75 Å². The van der Waals surface area contributed by atoms with Gasteiger partial charge in [-0.2, -0.15) is 0 Å². The zero-order valence-electron chi connectivity index (χ0n) is 24.6. The predicted molar refractivity (Wildman–Crippen MR) is 166 cm³/mol. The third-order valence-corrected chi connectivity index (χ3v) is 6.82. The Kier molecular flexibility index (Phi) is 12.9. The molecule has 0 saturated heterocycles. The van der Waals surface area contributed by atoms with E-state index in [1.54, 1.807) is 42.5 Å². The number of nitrogens with zero attached hydrogens (tertiary/aromatic N) is 2. The Morgan fingerprint density at radius 2 is 1.40 bits per heavy atom. The number of hydrogen-bond acceptors (Lipinski definition) is 8. The maximum Gasteiger partial charge on any atom is 0.326 e. The fraction of sp³-hybridized carbons (Fsp3) is 0.333. The number of phenolic OH excluding ortho intramolecular Hbond substituents is 1. The second-order valence-corrected chi connectivity index (χ2v) is 10.4. The maximum atomic E-state index is 13.7. The summed E-state index contributed by atoms with van der Waals surface area (Å²) < 4.78 is 0. The van der Waals surface area contributed by atoms with E-state index in [-0.39, 0.29) is 43.9 Å². The summed E-state index contributed by atoms with van der Waals surface area (Å²) in [5.41, 5.74) is 18.5. The van der Waals surface area contributed by atoms with Crippen LogP contribution in [0.3, 0.4) is 0 Å². The summed E-state index contributed by atoms with van der Waals surface area (Å²) in [6.45, 7) is 0.271. The molecule has 1 aromatic heterocycles. The van der Waals surface area contributed by atoms with Crippen molar-refractivity contribution in [3.05, 3.63) is 83.9 Å². The van der Waals surface area contributed by atoms with Gasteiger partial charge < -0.3 is 48.3 Å². The van der Waals surface area contributed by atoms with Crippen molar-refractivity contribution in [2.45, 2.75) is 56.3 Å². The molecular weight excluding hydrogens is 582 g/mol. The van der Waals surface area contributed by atoms with Crippen LogP contribution in [0, 0.1) is 0 Å². The lowest BCUT2D eigenvalue weighted by atomic mass is 10.0. The lowest BCUT2D eigenvalue weighted by Crippen LogP contribution is -2.58. The van der Waals surface area contributed by atoms with Crippen molar-refractivity contribution in [3.8, 4) is 5.75 Å². The molecule has 3 aromatic rings. The highest BCUT2D eigenvalue weighted by Crippen LogP contribution is 2.13. The molecule has 240 valence electrons. The van der Waals surface area contributed by atoms with Crippen LogP contribution >= 0.6 is 0 Å². The number of amides is 3. The van der Waals surface area contributed by atoms with Crippen molar-refractivity contribution in [1.29, 1.82) is 0 Å². The van der Waals surface area contributed by atoms with Gasteiger partial charge in [0.25, 0.3) is 0 Å². The number of guanidine groups is 1.